The van der Waals surface area contributed by atoms with Crippen molar-refractivity contribution < 1.29 is 9.84 Å². The van der Waals surface area contributed by atoms with Crippen LogP contribution in [0.3, 0.4) is 0 Å². The lowest BCUT2D eigenvalue weighted by Gasteiger charge is -2.25. The molecule has 1 aliphatic carbocycles. The lowest BCUT2D eigenvalue weighted by atomic mass is 9.95. The van der Waals surface area contributed by atoms with Crippen LogP contribution in [0.2, 0.25) is 0 Å². The highest BCUT2D eigenvalue weighted by Crippen LogP contribution is 2.34. The average molecular weight is 423 g/mol. The van der Waals surface area contributed by atoms with E-state index in [0.717, 1.165) is 35.4 Å². The summed E-state index contributed by atoms with van der Waals surface area (Å²) in [5, 5.41) is 26.7. The molecule has 0 radical (unpaired) electrons. The van der Waals surface area contributed by atoms with Gasteiger partial charge in [0, 0.05) is 13.1 Å². The van der Waals surface area contributed by atoms with E-state index in [9.17, 15) is 5.11 Å². The van der Waals surface area contributed by atoms with Gasteiger partial charge in [0.2, 0.25) is 0 Å². The summed E-state index contributed by atoms with van der Waals surface area (Å²) in [7, 11) is 1.54. The van der Waals surface area contributed by atoms with Crippen LogP contribution in [0.4, 0.5) is 0 Å². The Morgan fingerprint density at radius 1 is 1.16 bits per heavy atom. The second-order valence-corrected chi connectivity index (χ2v) is 8.04. The summed E-state index contributed by atoms with van der Waals surface area (Å²) in [6.07, 6.45) is 5.81. The number of methoxy groups -OCH3 is 1. The van der Waals surface area contributed by atoms with Gasteiger partial charge in [-0.05, 0) is 52.1 Å². The van der Waals surface area contributed by atoms with Gasteiger partial charge in [0.25, 0.3) is 0 Å². The van der Waals surface area contributed by atoms with Crippen molar-refractivity contribution in [3.05, 3.63) is 65.0 Å². The zero-order valence-corrected chi connectivity index (χ0v) is 17.9. The monoisotopic (exact) mass is 422 g/mol. The number of nitrogens with one attached hydrogen (secondary N) is 1. The number of phenols is 1. The normalized spacial score (nSPS) is 15.7. The summed E-state index contributed by atoms with van der Waals surface area (Å²) in [4.78, 5) is 0. The van der Waals surface area contributed by atoms with Gasteiger partial charge < -0.3 is 15.6 Å². The zero-order valence-electron chi connectivity index (χ0n) is 17.9. The largest absolute Gasteiger partial charge is 0.504 e. The first-order valence-electron chi connectivity index (χ1n) is 10.9. The highest BCUT2D eigenvalue weighted by Gasteiger charge is 2.27. The van der Waals surface area contributed by atoms with E-state index in [1.807, 2.05) is 22.9 Å². The summed E-state index contributed by atoms with van der Waals surface area (Å²) in [5.41, 5.74) is 8.89. The summed E-state index contributed by atoms with van der Waals surface area (Å²) in [5.74, 6) is 1.28. The molecule has 1 unspecified atom stereocenters. The molecule has 4 N–H and O–H groups in total. The summed E-state index contributed by atoms with van der Waals surface area (Å²) in [6, 6.07) is 13.6. The number of ether oxygens (including phenoxy) is 1. The van der Waals surface area contributed by atoms with E-state index in [1.165, 1.54) is 19.3 Å². The number of nitrogens with two attached hydrogens (primary N) is 1. The van der Waals surface area contributed by atoms with Gasteiger partial charge >= 0.3 is 0 Å². The molecule has 8 heteroatoms. The van der Waals surface area contributed by atoms with E-state index < -0.39 is 0 Å². The van der Waals surface area contributed by atoms with Crippen molar-refractivity contribution in [1.82, 2.24) is 25.5 Å². The molecule has 0 bridgehead atoms. The Labute approximate surface area is 182 Å². The number of tetrazole rings is 1. The summed E-state index contributed by atoms with van der Waals surface area (Å²) >= 11 is 0. The number of aromatic hydroxyl groups is 1. The highest BCUT2D eigenvalue weighted by molar-refractivity contribution is 5.43. The highest BCUT2D eigenvalue weighted by atomic mass is 16.5. The molecule has 164 valence electrons. The maximum Gasteiger partial charge on any atom is 0.173 e. The third-order valence-corrected chi connectivity index (χ3v) is 5.97. The Morgan fingerprint density at radius 2 is 1.97 bits per heavy atom. The van der Waals surface area contributed by atoms with Gasteiger partial charge in [-0.2, -0.15) is 0 Å². The number of aromatic nitrogens is 4. The van der Waals surface area contributed by atoms with Crippen LogP contribution in [0.1, 0.15) is 66.7 Å². The van der Waals surface area contributed by atoms with E-state index >= 15 is 0 Å². The third kappa shape index (κ3) is 4.86. The molecule has 0 aliphatic heterocycles. The van der Waals surface area contributed by atoms with Gasteiger partial charge in [0.05, 0.1) is 19.2 Å². The van der Waals surface area contributed by atoms with E-state index in [1.54, 1.807) is 19.2 Å². The quantitative estimate of drug-likeness (QED) is 0.511. The minimum atomic E-state index is -0.282. The molecule has 2 aromatic carbocycles. The molecule has 3 aromatic rings. The Hall–Kier alpha value is -2.97. The number of nitrogens with zero attached hydrogens (tertiary/aromatic N) is 4. The molecule has 31 heavy (non-hydrogen) atoms. The van der Waals surface area contributed by atoms with E-state index in [4.69, 9.17) is 10.5 Å². The first kappa shape index (κ1) is 21.3. The molecule has 1 fully saturated rings. The Bertz CT molecular complexity index is 999. The topological polar surface area (TPSA) is 111 Å². The Kier molecular flexibility index (Phi) is 6.79. The minimum absolute atomic E-state index is 0.0913. The molecular formula is C23H30N6O2. The van der Waals surface area contributed by atoms with Crippen molar-refractivity contribution >= 4 is 0 Å². The van der Waals surface area contributed by atoms with Crippen LogP contribution in [0.15, 0.2) is 42.5 Å². The first-order valence-corrected chi connectivity index (χ1v) is 10.9. The second kappa shape index (κ2) is 9.89. The van der Waals surface area contributed by atoms with Crippen LogP contribution >= 0.6 is 0 Å². The second-order valence-electron chi connectivity index (χ2n) is 8.04. The van der Waals surface area contributed by atoms with Gasteiger partial charge in [-0.1, -0.05) is 49.6 Å². The maximum absolute atomic E-state index is 10.4. The Balaban J connectivity index is 1.66. The molecule has 8 nitrogen and oxygen atoms in total. The molecule has 1 saturated carbocycles. The predicted molar refractivity (Wildman–Crippen MR) is 118 cm³/mol. The number of phenolic OH excluding ortho intramolecular Hbond substituents is 1. The van der Waals surface area contributed by atoms with E-state index in [-0.39, 0.29) is 11.8 Å². The number of hydrogen-bond donors (Lipinski definition) is 3. The van der Waals surface area contributed by atoms with Crippen molar-refractivity contribution in [2.75, 3.05) is 7.11 Å². The van der Waals surface area contributed by atoms with Crippen LogP contribution in [-0.4, -0.2) is 32.4 Å². The lowest BCUT2D eigenvalue weighted by Crippen LogP contribution is -2.28. The molecule has 1 atom stereocenters. The van der Waals surface area contributed by atoms with Gasteiger partial charge in [-0.15, -0.1) is 5.10 Å². The van der Waals surface area contributed by atoms with Crippen molar-refractivity contribution in [3.63, 3.8) is 0 Å². The minimum Gasteiger partial charge on any atom is -0.504 e. The molecule has 0 amide bonds. The van der Waals surface area contributed by atoms with Crippen LogP contribution in [0, 0.1) is 0 Å². The standard InChI is InChI=1S/C23H30N6O2/c1-31-21-11-10-18(13-20(21)30)22(25-15-17-7-5-6-16(12-17)14-24)23-26-27-28-29(23)19-8-3-2-4-9-19/h5-7,10-13,19,22,25,30H,2-4,8-9,14-15,24H2,1H3. The molecule has 1 aliphatic rings. The fourth-order valence-corrected chi connectivity index (χ4v) is 4.31. The van der Waals surface area contributed by atoms with E-state index in [0.29, 0.717) is 24.9 Å². The fraction of sp³-hybridized carbons (Fsp3) is 0.435. The number of benzene rings is 2. The van der Waals surface area contributed by atoms with Gasteiger partial charge in [-0.3, -0.25) is 5.32 Å². The van der Waals surface area contributed by atoms with Crippen molar-refractivity contribution in [2.24, 2.45) is 5.73 Å². The van der Waals surface area contributed by atoms with E-state index in [2.05, 4.69) is 33.0 Å². The summed E-state index contributed by atoms with van der Waals surface area (Å²) < 4.78 is 7.18. The maximum atomic E-state index is 10.4. The zero-order chi connectivity index (χ0) is 21.6. The van der Waals surface area contributed by atoms with Crippen LogP contribution in [0.5, 0.6) is 11.5 Å². The smallest absolute Gasteiger partial charge is 0.173 e. The van der Waals surface area contributed by atoms with Gasteiger partial charge in [0.1, 0.15) is 0 Å². The lowest BCUT2D eigenvalue weighted by molar-refractivity contribution is 0.310. The number of rotatable bonds is 8. The molecule has 1 heterocycles. The molecule has 1 aromatic heterocycles. The van der Waals surface area contributed by atoms with Crippen LogP contribution < -0.4 is 15.8 Å². The average Bonchev–Trinajstić information content (AvgIpc) is 3.30. The van der Waals surface area contributed by atoms with Crippen LogP contribution in [-0.2, 0) is 13.1 Å². The molecule has 4 rings (SSSR count). The predicted octanol–water partition coefficient (Wildman–Crippen LogP) is 3.23. The fourth-order valence-electron chi connectivity index (χ4n) is 4.31. The van der Waals surface area contributed by atoms with Crippen LogP contribution in [0.25, 0.3) is 0 Å². The van der Waals surface area contributed by atoms with Crippen molar-refractivity contribution in [3.8, 4) is 11.5 Å². The molecule has 0 saturated heterocycles. The third-order valence-electron chi connectivity index (χ3n) is 5.97. The molecular weight excluding hydrogens is 392 g/mol. The Morgan fingerprint density at radius 3 is 2.71 bits per heavy atom. The summed E-state index contributed by atoms with van der Waals surface area (Å²) in [6.45, 7) is 1.12. The van der Waals surface area contributed by atoms with Crippen molar-refractivity contribution in [2.45, 2.75) is 57.3 Å². The van der Waals surface area contributed by atoms with Gasteiger partial charge in [-0.25, -0.2) is 4.68 Å². The first-order chi connectivity index (χ1) is 15.2. The van der Waals surface area contributed by atoms with Gasteiger partial charge in [0.15, 0.2) is 17.3 Å². The van der Waals surface area contributed by atoms with Crippen molar-refractivity contribution in [1.29, 1.82) is 0 Å². The molecule has 0 spiro atoms. The SMILES string of the molecule is COc1ccc(C(NCc2cccc(CN)c2)c2nnnn2C2CCCCC2)cc1O. The number of hydrogen-bond acceptors (Lipinski definition) is 7.